The van der Waals surface area contributed by atoms with Crippen LogP contribution in [-0.4, -0.2) is 33.5 Å². The van der Waals surface area contributed by atoms with Crippen LogP contribution in [0.3, 0.4) is 0 Å². The molecule has 1 heterocycles. The molecule has 82 valence electrons. The lowest BCUT2D eigenvalue weighted by molar-refractivity contribution is 0.318. The van der Waals surface area contributed by atoms with Crippen molar-refractivity contribution >= 4 is 17.6 Å². The van der Waals surface area contributed by atoms with Crippen LogP contribution in [0, 0.1) is 0 Å². The van der Waals surface area contributed by atoms with Crippen LogP contribution in [0.1, 0.15) is 11.3 Å². The van der Waals surface area contributed by atoms with E-state index in [1.54, 1.807) is 24.0 Å². The van der Waals surface area contributed by atoms with E-state index >= 15 is 0 Å². The van der Waals surface area contributed by atoms with Gasteiger partial charge in [-0.1, -0.05) is 11.2 Å². The Bertz CT molecular complexity index is 344. The van der Waals surface area contributed by atoms with Gasteiger partial charge < -0.3 is 16.0 Å². The van der Waals surface area contributed by atoms with Gasteiger partial charge in [-0.05, 0) is 11.6 Å². The minimum Gasteiger partial charge on any atom is -0.409 e. The third-order valence-electron chi connectivity index (χ3n) is 1.73. The molecule has 0 aliphatic rings. The van der Waals surface area contributed by atoms with Crippen LogP contribution < -0.4 is 5.73 Å². The van der Waals surface area contributed by atoms with Crippen molar-refractivity contribution in [3.05, 3.63) is 29.6 Å². The van der Waals surface area contributed by atoms with E-state index in [-0.39, 0.29) is 12.4 Å². The minimum absolute atomic E-state index is 0.00944. The predicted octanol–water partition coefficient (Wildman–Crippen LogP) is 0.402. The third-order valence-corrected chi connectivity index (χ3v) is 2.72. The number of nitrogens with two attached hydrogens (primary N) is 1. The molecule has 0 unspecified atom stereocenters. The smallest absolute Gasteiger partial charge is 0.189 e. The number of nitrogens with zero attached hydrogens (tertiary/aromatic N) is 2. The Morgan fingerprint density at radius 3 is 3.07 bits per heavy atom. The first-order valence-electron chi connectivity index (χ1n) is 4.40. The Balaban J connectivity index is 2.77. The number of rotatable bonds is 5. The summed E-state index contributed by atoms with van der Waals surface area (Å²) in [6.07, 6.45) is 1.59. The molecule has 1 aromatic rings. The van der Waals surface area contributed by atoms with E-state index in [4.69, 9.17) is 16.0 Å². The lowest BCUT2D eigenvalue weighted by atomic mass is 10.2. The molecule has 0 aromatic carbocycles. The van der Waals surface area contributed by atoms with Crippen molar-refractivity contribution < 1.29 is 10.3 Å². The zero-order chi connectivity index (χ0) is 11.1. The number of aliphatic hydroxyl groups excluding tert-OH is 1. The SMILES string of the molecule is NC(=NO)c1ncccc1CSCCO. The summed E-state index contributed by atoms with van der Waals surface area (Å²) in [6, 6.07) is 3.66. The number of pyridine rings is 1. The Morgan fingerprint density at radius 2 is 2.40 bits per heavy atom. The molecule has 0 aliphatic carbocycles. The van der Waals surface area contributed by atoms with E-state index in [1.807, 2.05) is 6.07 Å². The Morgan fingerprint density at radius 1 is 1.60 bits per heavy atom. The summed E-state index contributed by atoms with van der Waals surface area (Å²) in [6.45, 7) is 0.143. The molecule has 4 N–H and O–H groups in total. The molecular formula is C9H13N3O2S. The fraction of sp³-hybridized carbons (Fsp3) is 0.333. The van der Waals surface area contributed by atoms with Gasteiger partial charge in [0.1, 0.15) is 5.69 Å². The average molecular weight is 227 g/mol. The molecule has 0 bridgehead atoms. The molecule has 0 saturated heterocycles. The largest absolute Gasteiger partial charge is 0.409 e. The quantitative estimate of drug-likeness (QED) is 0.223. The van der Waals surface area contributed by atoms with Gasteiger partial charge in [-0.3, -0.25) is 4.98 Å². The van der Waals surface area contributed by atoms with Crippen LogP contribution in [0.25, 0.3) is 0 Å². The van der Waals surface area contributed by atoms with Gasteiger partial charge in [0.2, 0.25) is 0 Å². The first kappa shape index (κ1) is 11.8. The number of thioether (sulfide) groups is 1. The van der Waals surface area contributed by atoms with Gasteiger partial charge in [-0.25, -0.2) is 0 Å². The Kier molecular flexibility index (Phi) is 4.92. The van der Waals surface area contributed by atoms with E-state index in [9.17, 15) is 0 Å². The number of oxime groups is 1. The minimum atomic E-state index is 0.00944. The third kappa shape index (κ3) is 3.41. The highest BCUT2D eigenvalue weighted by Gasteiger charge is 2.07. The van der Waals surface area contributed by atoms with Crippen LogP contribution in [0.5, 0.6) is 0 Å². The monoisotopic (exact) mass is 227 g/mol. The van der Waals surface area contributed by atoms with Gasteiger partial charge in [0.15, 0.2) is 5.84 Å². The fourth-order valence-electron chi connectivity index (χ4n) is 1.08. The van der Waals surface area contributed by atoms with Crippen LogP contribution in [0.2, 0.25) is 0 Å². The van der Waals surface area contributed by atoms with Gasteiger partial charge in [0.25, 0.3) is 0 Å². The van der Waals surface area contributed by atoms with Crippen molar-refractivity contribution in [1.82, 2.24) is 4.98 Å². The normalized spacial score (nSPS) is 11.7. The number of aliphatic hydroxyl groups is 1. The molecule has 0 spiro atoms. The van der Waals surface area contributed by atoms with E-state index in [2.05, 4.69) is 10.1 Å². The zero-order valence-electron chi connectivity index (χ0n) is 8.13. The summed E-state index contributed by atoms with van der Waals surface area (Å²) in [5.41, 5.74) is 6.86. The topological polar surface area (TPSA) is 91.7 Å². The zero-order valence-corrected chi connectivity index (χ0v) is 8.94. The summed E-state index contributed by atoms with van der Waals surface area (Å²) in [5.74, 6) is 1.35. The van der Waals surface area contributed by atoms with Crippen LogP contribution in [-0.2, 0) is 5.75 Å². The summed E-state index contributed by atoms with van der Waals surface area (Å²) < 4.78 is 0. The maximum absolute atomic E-state index is 8.64. The van der Waals surface area contributed by atoms with Crippen molar-refractivity contribution in [3.63, 3.8) is 0 Å². The van der Waals surface area contributed by atoms with Gasteiger partial charge in [0, 0.05) is 17.7 Å². The molecule has 0 saturated carbocycles. The predicted molar refractivity (Wildman–Crippen MR) is 60.0 cm³/mol. The second-order valence-corrected chi connectivity index (χ2v) is 3.88. The highest BCUT2D eigenvalue weighted by Crippen LogP contribution is 2.14. The Labute approximate surface area is 92.0 Å². The van der Waals surface area contributed by atoms with E-state index in [0.29, 0.717) is 17.2 Å². The maximum Gasteiger partial charge on any atom is 0.189 e. The second kappa shape index (κ2) is 6.26. The molecule has 0 radical (unpaired) electrons. The van der Waals surface area contributed by atoms with E-state index < -0.39 is 0 Å². The average Bonchev–Trinajstić information content (AvgIpc) is 2.29. The summed E-state index contributed by atoms with van der Waals surface area (Å²) in [5, 5.41) is 20.1. The lowest BCUT2D eigenvalue weighted by Gasteiger charge is -2.05. The molecule has 6 heteroatoms. The van der Waals surface area contributed by atoms with Gasteiger partial charge in [-0.2, -0.15) is 11.8 Å². The van der Waals surface area contributed by atoms with Gasteiger partial charge >= 0.3 is 0 Å². The summed E-state index contributed by atoms with van der Waals surface area (Å²) >= 11 is 1.57. The first-order chi connectivity index (χ1) is 7.29. The molecule has 5 nitrogen and oxygen atoms in total. The van der Waals surface area contributed by atoms with Crippen molar-refractivity contribution in [1.29, 1.82) is 0 Å². The molecule has 1 aromatic heterocycles. The van der Waals surface area contributed by atoms with E-state index in [1.165, 1.54) is 0 Å². The number of amidine groups is 1. The lowest BCUT2D eigenvalue weighted by Crippen LogP contribution is -2.17. The molecule has 1 rings (SSSR count). The van der Waals surface area contributed by atoms with Crippen molar-refractivity contribution in [2.75, 3.05) is 12.4 Å². The van der Waals surface area contributed by atoms with Crippen molar-refractivity contribution in [2.45, 2.75) is 5.75 Å². The number of hydrogen-bond donors (Lipinski definition) is 3. The highest BCUT2D eigenvalue weighted by molar-refractivity contribution is 7.98. The van der Waals surface area contributed by atoms with Crippen LogP contribution in [0.15, 0.2) is 23.5 Å². The standard InChI is InChI=1S/C9H13N3O2S/c10-9(12-14)8-7(2-1-3-11-8)6-15-5-4-13/h1-3,13-14H,4-6H2,(H2,10,12). The van der Waals surface area contributed by atoms with Crippen molar-refractivity contribution in [3.8, 4) is 0 Å². The van der Waals surface area contributed by atoms with Crippen LogP contribution in [0.4, 0.5) is 0 Å². The van der Waals surface area contributed by atoms with Gasteiger partial charge in [-0.15, -0.1) is 0 Å². The summed E-state index contributed by atoms with van der Waals surface area (Å²) in [4.78, 5) is 4.04. The molecule has 15 heavy (non-hydrogen) atoms. The van der Waals surface area contributed by atoms with Crippen molar-refractivity contribution in [2.24, 2.45) is 10.9 Å². The molecule has 0 atom stereocenters. The Hall–Kier alpha value is -1.27. The maximum atomic E-state index is 8.64. The highest BCUT2D eigenvalue weighted by atomic mass is 32.2. The molecular weight excluding hydrogens is 214 g/mol. The molecule has 0 aliphatic heterocycles. The summed E-state index contributed by atoms with van der Waals surface area (Å²) in [7, 11) is 0. The first-order valence-corrected chi connectivity index (χ1v) is 5.55. The number of aromatic nitrogens is 1. The molecule has 0 amide bonds. The van der Waals surface area contributed by atoms with Gasteiger partial charge in [0.05, 0.1) is 6.61 Å². The van der Waals surface area contributed by atoms with E-state index in [0.717, 1.165) is 5.56 Å². The number of hydrogen-bond acceptors (Lipinski definition) is 5. The van der Waals surface area contributed by atoms with Crippen LogP contribution >= 0.6 is 11.8 Å². The second-order valence-electron chi connectivity index (χ2n) is 2.77. The molecule has 0 fully saturated rings. The fourth-order valence-corrected chi connectivity index (χ4v) is 1.81.